The molecule has 0 aliphatic carbocycles. The molecule has 6 heteroatoms. The number of guanidine groups is 1. The van der Waals surface area contributed by atoms with Crippen LogP contribution < -0.4 is 11.1 Å². The first-order chi connectivity index (χ1) is 7.07. The molecule has 1 aliphatic rings. The lowest BCUT2D eigenvalue weighted by molar-refractivity contribution is -0.419. The summed E-state index contributed by atoms with van der Waals surface area (Å²) in [7, 11) is 3.77. The van der Waals surface area contributed by atoms with E-state index >= 15 is 0 Å². The summed E-state index contributed by atoms with van der Waals surface area (Å²) in [5.74, 6) is 0.730. The van der Waals surface area contributed by atoms with E-state index in [0.29, 0.717) is 12.5 Å². The standard InChI is InChI=1S/C9H19N5O/c1-4-6-11-9-13(12(2)3)7-5-8(10)14(9)15/h5,11H,4,6-7,10H2,1-3H3. The van der Waals surface area contributed by atoms with Gasteiger partial charge in [0.05, 0.1) is 13.1 Å². The first-order valence-corrected chi connectivity index (χ1v) is 5.06. The van der Waals surface area contributed by atoms with E-state index in [1.165, 1.54) is 0 Å². The summed E-state index contributed by atoms with van der Waals surface area (Å²) in [5.41, 5.74) is 5.57. The Kier molecular flexibility index (Phi) is 3.79. The van der Waals surface area contributed by atoms with Gasteiger partial charge in [-0.3, -0.25) is 5.32 Å². The first kappa shape index (κ1) is 11.6. The van der Waals surface area contributed by atoms with Crippen LogP contribution in [0.4, 0.5) is 0 Å². The van der Waals surface area contributed by atoms with E-state index in [1.54, 1.807) is 6.08 Å². The van der Waals surface area contributed by atoms with E-state index in [1.807, 2.05) is 31.0 Å². The number of nitrogens with zero attached hydrogens (tertiary/aromatic N) is 3. The summed E-state index contributed by atoms with van der Waals surface area (Å²) in [6, 6.07) is 0. The summed E-state index contributed by atoms with van der Waals surface area (Å²) in [4.78, 5) is 0. The van der Waals surface area contributed by atoms with Crippen LogP contribution in [0.15, 0.2) is 11.9 Å². The molecule has 0 atom stereocenters. The molecule has 1 rings (SSSR count). The zero-order valence-electron chi connectivity index (χ0n) is 9.53. The predicted octanol–water partition coefficient (Wildman–Crippen LogP) is -0.555. The largest absolute Gasteiger partial charge is 0.754 e. The minimum absolute atomic E-state index is 0.242. The van der Waals surface area contributed by atoms with Crippen LogP contribution in [0.25, 0.3) is 0 Å². The molecule has 0 spiro atoms. The number of hydrogen-bond donors (Lipinski definition) is 2. The highest BCUT2D eigenvalue weighted by Crippen LogP contribution is 2.03. The summed E-state index contributed by atoms with van der Waals surface area (Å²) in [6.45, 7) is 3.42. The van der Waals surface area contributed by atoms with Gasteiger partial charge in [-0.25, -0.2) is 9.75 Å². The van der Waals surface area contributed by atoms with Crippen molar-refractivity contribution in [3.63, 3.8) is 0 Å². The average Bonchev–Trinajstić information content (AvgIpc) is 2.19. The number of nitrogens with two attached hydrogens (primary N) is 1. The highest BCUT2D eigenvalue weighted by molar-refractivity contribution is 5.75. The number of hydrogen-bond acceptors (Lipinski definition) is 5. The molecule has 0 bridgehead atoms. The maximum absolute atomic E-state index is 11.7. The lowest BCUT2D eigenvalue weighted by atomic mass is 10.4. The van der Waals surface area contributed by atoms with Gasteiger partial charge < -0.3 is 10.9 Å². The Balaban J connectivity index is 2.86. The van der Waals surface area contributed by atoms with Crippen molar-refractivity contribution < 1.29 is 4.74 Å². The Morgan fingerprint density at radius 3 is 2.87 bits per heavy atom. The third-order valence-corrected chi connectivity index (χ3v) is 2.16. The quantitative estimate of drug-likeness (QED) is 0.486. The average molecular weight is 213 g/mol. The van der Waals surface area contributed by atoms with Crippen molar-refractivity contribution in [1.29, 1.82) is 0 Å². The molecule has 0 radical (unpaired) electrons. The lowest BCUT2D eigenvalue weighted by Gasteiger charge is -2.32. The molecular weight excluding hydrogens is 194 g/mol. The first-order valence-electron chi connectivity index (χ1n) is 5.06. The Morgan fingerprint density at radius 2 is 2.33 bits per heavy atom. The van der Waals surface area contributed by atoms with Gasteiger partial charge in [0.15, 0.2) is 5.82 Å². The third kappa shape index (κ3) is 2.53. The Labute approximate surface area is 90.2 Å². The van der Waals surface area contributed by atoms with Crippen molar-refractivity contribution in [3.8, 4) is 0 Å². The zero-order valence-corrected chi connectivity index (χ0v) is 9.53. The van der Waals surface area contributed by atoms with Crippen LogP contribution in [-0.2, 0) is 0 Å². The molecule has 6 nitrogen and oxygen atoms in total. The maximum Gasteiger partial charge on any atom is 0.328 e. The van der Waals surface area contributed by atoms with Crippen molar-refractivity contribution in [2.24, 2.45) is 5.73 Å². The van der Waals surface area contributed by atoms with Crippen molar-refractivity contribution in [2.75, 3.05) is 27.2 Å². The van der Waals surface area contributed by atoms with E-state index in [2.05, 4.69) is 5.32 Å². The third-order valence-electron chi connectivity index (χ3n) is 2.16. The molecule has 0 amide bonds. The van der Waals surface area contributed by atoms with E-state index in [0.717, 1.165) is 17.7 Å². The van der Waals surface area contributed by atoms with Crippen LogP contribution in [0.3, 0.4) is 0 Å². The second kappa shape index (κ2) is 4.88. The van der Waals surface area contributed by atoms with Crippen molar-refractivity contribution in [2.45, 2.75) is 13.3 Å². The molecule has 0 aromatic heterocycles. The number of hydroxylamine groups is 1. The van der Waals surface area contributed by atoms with Gasteiger partial charge in [-0.1, -0.05) is 6.92 Å². The highest BCUT2D eigenvalue weighted by atomic mass is 16.5. The molecule has 0 aromatic rings. The van der Waals surface area contributed by atoms with Gasteiger partial charge in [-0.15, -0.1) is 0 Å². The Morgan fingerprint density at radius 1 is 1.67 bits per heavy atom. The van der Waals surface area contributed by atoms with E-state index in [-0.39, 0.29) is 5.82 Å². The summed E-state index contributed by atoms with van der Waals surface area (Å²) in [6.07, 6.45) is 2.66. The fourth-order valence-corrected chi connectivity index (χ4v) is 1.33. The second-order valence-corrected chi connectivity index (χ2v) is 3.60. The van der Waals surface area contributed by atoms with E-state index in [9.17, 15) is 5.21 Å². The van der Waals surface area contributed by atoms with Crippen molar-refractivity contribution >= 4 is 5.96 Å². The molecule has 0 aromatic carbocycles. The fraction of sp³-hybridized carbons (Fsp3) is 0.667. The minimum Gasteiger partial charge on any atom is -0.754 e. The Bertz CT molecular complexity index is 284. The minimum atomic E-state index is 0.242. The van der Waals surface area contributed by atoms with Crippen LogP contribution in [0.2, 0.25) is 0 Å². The smallest absolute Gasteiger partial charge is 0.328 e. The molecule has 3 N–H and O–H groups in total. The van der Waals surface area contributed by atoms with Gasteiger partial charge in [0.1, 0.15) is 0 Å². The van der Waals surface area contributed by atoms with Crippen LogP contribution in [-0.4, -0.2) is 47.9 Å². The topological polar surface area (TPSA) is 70.6 Å². The van der Waals surface area contributed by atoms with Gasteiger partial charge in [0, 0.05) is 20.2 Å². The molecule has 0 unspecified atom stereocenters. The zero-order chi connectivity index (χ0) is 11.4. The molecule has 15 heavy (non-hydrogen) atoms. The van der Waals surface area contributed by atoms with Crippen LogP contribution in [0, 0.1) is 5.21 Å². The van der Waals surface area contributed by atoms with E-state index in [4.69, 9.17) is 5.73 Å². The number of nitrogens with one attached hydrogen (secondary N) is 1. The fourth-order valence-electron chi connectivity index (χ4n) is 1.33. The van der Waals surface area contributed by atoms with Gasteiger partial charge in [-0.05, 0) is 6.42 Å². The SMILES string of the molecule is CCCNC1=[N+]([O-])C(N)=CCN1N(C)C. The lowest BCUT2D eigenvalue weighted by Crippen LogP contribution is -2.54. The summed E-state index contributed by atoms with van der Waals surface area (Å²) >= 11 is 0. The van der Waals surface area contributed by atoms with E-state index < -0.39 is 0 Å². The summed E-state index contributed by atoms with van der Waals surface area (Å²) in [5, 5.41) is 18.5. The van der Waals surface area contributed by atoms with Crippen molar-refractivity contribution in [3.05, 3.63) is 17.1 Å². The Hall–Kier alpha value is -1.43. The van der Waals surface area contributed by atoms with Crippen molar-refractivity contribution in [1.82, 2.24) is 15.3 Å². The van der Waals surface area contributed by atoms with Gasteiger partial charge in [-0.2, -0.15) is 5.01 Å². The second-order valence-electron chi connectivity index (χ2n) is 3.60. The molecule has 1 heterocycles. The van der Waals surface area contributed by atoms with Crippen LogP contribution in [0.5, 0.6) is 0 Å². The summed E-state index contributed by atoms with van der Waals surface area (Å²) < 4.78 is 0.721. The number of hydrazine groups is 1. The predicted molar refractivity (Wildman–Crippen MR) is 59.6 cm³/mol. The number of rotatable bonds is 3. The molecule has 86 valence electrons. The molecule has 0 saturated heterocycles. The monoisotopic (exact) mass is 213 g/mol. The van der Waals surface area contributed by atoms with Crippen LogP contribution >= 0.6 is 0 Å². The van der Waals surface area contributed by atoms with Gasteiger partial charge >= 0.3 is 5.96 Å². The maximum atomic E-state index is 11.7. The molecule has 0 fully saturated rings. The van der Waals surface area contributed by atoms with Crippen LogP contribution in [0.1, 0.15) is 13.3 Å². The van der Waals surface area contributed by atoms with Gasteiger partial charge in [0.2, 0.25) is 0 Å². The molecule has 1 aliphatic heterocycles. The molecular formula is C9H19N5O. The van der Waals surface area contributed by atoms with Gasteiger partial charge in [0.25, 0.3) is 0 Å². The molecule has 0 saturated carbocycles. The highest BCUT2D eigenvalue weighted by Gasteiger charge is 2.23. The normalized spacial score (nSPS) is 17.1.